The summed E-state index contributed by atoms with van der Waals surface area (Å²) < 4.78 is 6.64. The van der Waals surface area contributed by atoms with Crippen molar-refractivity contribution in [3.8, 4) is 5.75 Å². The van der Waals surface area contributed by atoms with Crippen LogP contribution in [-0.4, -0.2) is 34.9 Å². The fraction of sp³-hybridized carbons (Fsp3) is 0.417. The Morgan fingerprint density at radius 3 is 2.30 bits per heavy atom. The van der Waals surface area contributed by atoms with Crippen molar-refractivity contribution in [1.82, 2.24) is 10.2 Å². The summed E-state index contributed by atoms with van der Waals surface area (Å²) in [5.74, 6) is 0.224. The van der Waals surface area contributed by atoms with Crippen molar-refractivity contribution >= 4 is 27.7 Å². The molecule has 0 aliphatic carbocycles. The summed E-state index contributed by atoms with van der Waals surface area (Å²) in [5, 5.41) is 3.01. The first-order valence-corrected chi connectivity index (χ1v) is 10.9. The number of carbonyl (C=O) groups excluding carboxylic acids is 2. The summed E-state index contributed by atoms with van der Waals surface area (Å²) in [5.41, 5.74) is 1.71. The molecule has 2 aromatic rings. The molecule has 0 aliphatic heterocycles. The average Bonchev–Trinajstić information content (AvgIpc) is 2.67. The molecule has 2 aromatic carbocycles. The summed E-state index contributed by atoms with van der Waals surface area (Å²) in [4.78, 5) is 27.8. The molecular formula is C24H31BrN2O3. The molecule has 2 amide bonds. The van der Waals surface area contributed by atoms with E-state index in [-0.39, 0.29) is 24.0 Å². The Balaban J connectivity index is 2.24. The molecule has 1 atom stereocenters. The van der Waals surface area contributed by atoms with E-state index in [9.17, 15) is 9.59 Å². The van der Waals surface area contributed by atoms with E-state index in [2.05, 4.69) is 21.2 Å². The third-order valence-electron chi connectivity index (χ3n) is 4.66. The van der Waals surface area contributed by atoms with Gasteiger partial charge in [-0.2, -0.15) is 0 Å². The predicted molar refractivity (Wildman–Crippen MR) is 123 cm³/mol. The first kappa shape index (κ1) is 23.9. The topological polar surface area (TPSA) is 58.6 Å². The van der Waals surface area contributed by atoms with Crippen molar-refractivity contribution in [2.75, 3.05) is 6.61 Å². The van der Waals surface area contributed by atoms with Crippen LogP contribution in [0.5, 0.6) is 5.75 Å². The van der Waals surface area contributed by atoms with Crippen LogP contribution in [0.1, 0.15) is 45.2 Å². The third-order valence-corrected chi connectivity index (χ3v) is 5.19. The van der Waals surface area contributed by atoms with E-state index in [0.717, 1.165) is 15.6 Å². The van der Waals surface area contributed by atoms with Gasteiger partial charge in [0.25, 0.3) is 5.91 Å². The van der Waals surface area contributed by atoms with E-state index in [4.69, 9.17) is 4.74 Å². The number of amides is 2. The minimum Gasteiger partial charge on any atom is -0.484 e. The smallest absolute Gasteiger partial charge is 0.261 e. The number of aryl methyl sites for hydroxylation is 1. The van der Waals surface area contributed by atoms with E-state index in [0.29, 0.717) is 18.7 Å². The maximum Gasteiger partial charge on any atom is 0.261 e. The summed E-state index contributed by atoms with van der Waals surface area (Å²) in [6.07, 6.45) is 0.512. The molecule has 0 bridgehead atoms. The van der Waals surface area contributed by atoms with Gasteiger partial charge in [-0.25, -0.2) is 0 Å². The van der Waals surface area contributed by atoms with Crippen molar-refractivity contribution in [1.29, 1.82) is 0 Å². The fourth-order valence-electron chi connectivity index (χ4n) is 3.10. The number of hydrogen-bond donors (Lipinski definition) is 1. The third kappa shape index (κ3) is 7.17. The molecule has 0 fully saturated rings. The van der Waals surface area contributed by atoms with Gasteiger partial charge in [0.2, 0.25) is 5.91 Å². The van der Waals surface area contributed by atoms with Gasteiger partial charge in [0.15, 0.2) is 6.61 Å². The number of benzene rings is 2. The highest BCUT2D eigenvalue weighted by Gasteiger charge is 2.31. The number of hydrogen-bond acceptors (Lipinski definition) is 3. The standard InChI is InChI=1S/C24H31BrN2O3/c1-6-21(23(29)26-24(3,4)5)27(15-18-10-8-7-9-17(18)2)22(28)16-30-20-13-11-19(25)12-14-20/h7-14,21H,6,15-16H2,1-5H3,(H,26,29)/t21-/m1/s1. The summed E-state index contributed by atoms with van der Waals surface area (Å²) >= 11 is 3.39. The van der Waals surface area contributed by atoms with Gasteiger partial charge < -0.3 is 15.0 Å². The molecule has 5 nitrogen and oxygen atoms in total. The zero-order chi connectivity index (χ0) is 22.3. The average molecular weight is 475 g/mol. The number of carbonyl (C=O) groups is 2. The Morgan fingerprint density at radius 1 is 1.10 bits per heavy atom. The van der Waals surface area contributed by atoms with Crippen LogP contribution in [0.4, 0.5) is 0 Å². The lowest BCUT2D eigenvalue weighted by atomic mass is 10.0. The Morgan fingerprint density at radius 2 is 1.73 bits per heavy atom. The van der Waals surface area contributed by atoms with Gasteiger partial charge >= 0.3 is 0 Å². The lowest BCUT2D eigenvalue weighted by molar-refractivity contribution is -0.143. The maximum atomic E-state index is 13.2. The van der Waals surface area contributed by atoms with Crippen LogP contribution in [0, 0.1) is 6.92 Å². The van der Waals surface area contributed by atoms with Crippen LogP contribution in [0.3, 0.4) is 0 Å². The van der Waals surface area contributed by atoms with Gasteiger partial charge in [-0.1, -0.05) is 47.1 Å². The first-order valence-electron chi connectivity index (χ1n) is 10.1. The molecule has 0 spiro atoms. The minimum atomic E-state index is -0.579. The normalized spacial score (nSPS) is 12.2. The second-order valence-electron chi connectivity index (χ2n) is 8.35. The van der Waals surface area contributed by atoms with Crippen molar-refractivity contribution in [3.63, 3.8) is 0 Å². The molecule has 0 saturated heterocycles. The zero-order valence-electron chi connectivity index (χ0n) is 18.4. The molecule has 0 aromatic heterocycles. The van der Waals surface area contributed by atoms with Crippen LogP contribution in [0.2, 0.25) is 0 Å². The van der Waals surface area contributed by atoms with Crippen LogP contribution in [0.15, 0.2) is 53.0 Å². The number of nitrogens with zero attached hydrogens (tertiary/aromatic N) is 1. The molecule has 0 unspecified atom stereocenters. The molecular weight excluding hydrogens is 444 g/mol. The quantitative estimate of drug-likeness (QED) is 0.594. The first-order chi connectivity index (χ1) is 14.1. The van der Waals surface area contributed by atoms with Crippen molar-refractivity contribution in [2.45, 2.75) is 59.2 Å². The van der Waals surface area contributed by atoms with Gasteiger partial charge in [0, 0.05) is 16.6 Å². The molecule has 2 rings (SSSR count). The van der Waals surface area contributed by atoms with E-state index in [1.807, 2.05) is 71.0 Å². The van der Waals surface area contributed by atoms with Crippen LogP contribution < -0.4 is 10.1 Å². The zero-order valence-corrected chi connectivity index (χ0v) is 20.0. The highest BCUT2D eigenvalue weighted by Crippen LogP contribution is 2.19. The van der Waals surface area contributed by atoms with Crippen LogP contribution in [-0.2, 0) is 16.1 Å². The number of ether oxygens (including phenoxy) is 1. The predicted octanol–water partition coefficient (Wildman–Crippen LogP) is 4.86. The number of nitrogens with one attached hydrogen (secondary N) is 1. The van der Waals surface area contributed by atoms with E-state index < -0.39 is 6.04 Å². The number of halogens is 1. The van der Waals surface area contributed by atoms with Gasteiger partial charge in [0.1, 0.15) is 11.8 Å². The fourth-order valence-corrected chi connectivity index (χ4v) is 3.37. The Kier molecular flexibility index (Phi) is 8.47. The molecule has 6 heteroatoms. The van der Waals surface area contributed by atoms with E-state index >= 15 is 0 Å². The van der Waals surface area contributed by atoms with E-state index in [1.165, 1.54) is 0 Å². The van der Waals surface area contributed by atoms with Crippen molar-refractivity contribution < 1.29 is 14.3 Å². The van der Waals surface area contributed by atoms with Gasteiger partial charge in [-0.05, 0) is 69.5 Å². The van der Waals surface area contributed by atoms with Crippen molar-refractivity contribution in [2.24, 2.45) is 0 Å². The Hall–Kier alpha value is -2.34. The van der Waals surface area contributed by atoms with Gasteiger partial charge in [-0.15, -0.1) is 0 Å². The van der Waals surface area contributed by atoms with Gasteiger partial charge in [0.05, 0.1) is 0 Å². The lowest BCUT2D eigenvalue weighted by Crippen LogP contribution is -2.54. The molecule has 30 heavy (non-hydrogen) atoms. The van der Waals surface area contributed by atoms with Crippen LogP contribution in [0.25, 0.3) is 0 Å². The molecule has 162 valence electrons. The van der Waals surface area contributed by atoms with Crippen molar-refractivity contribution in [3.05, 3.63) is 64.1 Å². The Labute approximate surface area is 187 Å². The van der Waals surface area contributed by atoms with Crippen LogP contribution >= 0.6 is 15.9 Å². The Bertz CT molecular complexity index is 859. The van der Waals surface area contributed by atoms with Gasteiger partial charge in [-0.3, -0.25) is 9.59 Å². The highest BCUT2D eigenvalue weighted by atomic mass is 79.9. The number of rotatable bonds is 8. The lowest BCUT2D eigenvalue weighted by Gasteiger charge is -2.33. The summed E-state index contributed by atoms with van der Waals surface area (Å²) in [7, 11) is 0. The maximum absolute atomic E-state index is 13.2. The minimum absolute atomic E-state index is 0.132. The second-order valence-corrected chi connectivity index (χ2v) is 9.27. The molecule has 0 saturated carbocycles. The molecule has 0 aliphatic rings. The van der Waals surface area contributed by atoms with E-state index in [1.54, 1.807) is 17.0 Å². The highest BCUT2D eigenvalue weighted by molar-refractivity contribution is 9.10. The molecule has 0 radical (unpaired) electrons. The summed E-state index contributed by atoms with van der Waals surface area (Å²) in [6.45, 7) is 9.94. The molecule has 0 heterocycles. The monoisotopic (exact) mass is 474 g/mol. The molecule has 1 N–H and O–H groups in total. The largest absolute Gasteiger partial charge is 0.484 e. The summed E-state index contributed by atoms with van der Waals surface area (Å²) in [6, 6.07) is 14.6. The second kappa shape index (κ2) is 10.6. The SMILES string of the molecule is CC[C@H](C(=O)NC(C)(C)C)N(Cc1ccccc1C)C(=O)COc1ccc(Br)cc1.